The Bertz CT molecular complexity index is 699. The van der Waals surface area contributed by atoms with Crippen LogP contribution >= 0.6 is 12.2 Å². The van der Waals surface area contributed by atoms with E-state index in [-0.39, 0.29) is 6.61 Å². The highest BCUT2D eigenvalue weighted by molar-refractivity contribution is 7.71. The molecule has 0 spiro atoms. The van der Waals surface area contributed by atoms with E-state index in [1.165, 1.54) is 0 Å². The number of nitrogens with two attached hydrogens (primary N) is 1. The Kier molecular flexibility index (Phi) is 3.22. The summed E-state index contributed by atoms with van der Waals surface area (Å²) < 4.78 is 5.83. The largest absolute Gasteiger partial charge is 0.394 e. The van der Waals surface area contributed by atoms with E-state index in [0.717, 1.165) is 0 Å². The van der Waals surface area contributed by atoms with E-state index in [9.17, 15) is 10.2 Å². The molecule has 20 heavy (non-hydrogen) atoms. The van der Waals surface area contributed by atoms with Crippen molar-refractivity contribution in [1.29, 1.82) is 0 Å². The highest BCUT2D eigenvalue weighted by Gasteiger charge is 2.44. The first-order valence-electron chi connectivity index (χ1n) is 6.02. The van der Waals surface area contributed by atoms with Gasteiger partial charge in [0.25, 0.3) is 0 Å². The molecule has 2 aromatic rings. The van der Waals surface area contributed by atoms with Crippen molar-refractivity contribution in [2.45, 2.75) is 24.4 Å². The lowest BCUT2D eigenvalue weighted by molar-refractivity contribution is -0.0235. The molecule has 3 heterocycles. The Hall–Kier alpha value is -1.52. The first-order valence-corrected chi connectivity index (χ1v) is 6.43. The molecular weight excluding hydrogens is 284 g/mol. The lowest BCUT2D eigenvalue weighted by Gasteiger charge is -2.13. The van der Waals surface area contributed by atoms with Crippen LogP contribution in [-0.2, 0) is 4.74 Å². The minimum Gasteiger partial charge on any atom is -0.394 e. The third-order valence-electron chi connectivity index (χ3n) is 3.43. The summed E-state index contributed by atoms with van der Waals surface area (Å²) in [5.41, 5.74) is 6.68. The number of nitrogens with zero attached hydrogens (tertiary/aromatic N) is 1. The Morgan fingerprint density at radius 2 is 2.15 bits per heavy atom. The van der Waals surface area contributed by atoms with Crippen LogP contribution in [0.25, 0.3) is 10.9 Å². The minimum absolute atomic E-state index is 0.358. The van der Waals surface area contributed by atoms with Gasteiger partial charge in [-0.1, -0.05) is 12.2 Å². The van der Waals surface area contributed by atoms with Gasteiger partial charge in [0.15, 0.2) is 0 Å². The maximum absolute atomic E-state index is 10.0. The third-order valence-corrected chi connectivity index (χ3v) is 3.73. The van der Waals surface area contributed by atoms with Gasteiger partial charge in [0, 0.05) is 5.39 Å². The molecule has 1 fully saturated rings. The molecule has 0 saturated carbocycles. The molecule has 4 unspecified atom stereocenters. The summed E-state index contributed by atoms with van der Waals surface area (Å²) in [4.78, 5) is 2.77. The summed E-state index contributed by atoms with van der Waals surface area (Å²) in [5, 5.41) is 36.3. The normalized spacial score (nSPS) is 30.1. The Morgan fingerprint density at radius 3 is 2.80 bits per heavy atom. The molecule has 1 aliphatic rings. The molecule has 8 nitrogen and oxygen atoms in total. The van der Waals surface area contributed by atoms with Crippen molar-refractivity contribution >= 4 is 28.9 Å². The van der Waals surface area contributed by atoms with E-state index < -0.39 is 24.4 Å². The average molecular weight is 298 g/mol. The molecule has 108 valence electrons. The number of rotatable bonds is 2. The fourth-order valence-corrected chi connectivity index (χ4v) is 2.69. The maximum Gasteiger partial charge on any atom is 0.133 e. The number of aliphatic hydroxyl groups is 3. The Morgan fingerprint density at radius 1 is 1.40 bits per heavy atom. The first-order chi connectivity index (χ1) is 9.52. The smallest absolute Gasteiger partial charge is 0.133 e. The van der Waals surface area contributed by atoms with E-state index in [1.807, 2.05) is 0 Å². The molecule has 0 aromatic carbocycles. The zero-order valence-electron chi connectivity index (χ0n) is 10.3. The number of aromatic nitrogens is 3. The van der Waals surface area contributed by atoms with Crippen molar-refractivity contribution in [3.05, 3.63) is 16.4 Å². The SMILES string of the molecule is Nc1cc2c(C3OC(CO)C(O)C3O)[nH]nc2c(=S)[nH]1. The summed E-state index contributed by atoms with van der Waals surface area (Å²) in [7, 11) is 0. The molecule has 9 heteroatoms. The molecule has 0 radical (unpaired) electrons. The van der Waals surface area contributed by atoms with Crippen LogP contribution in [0.5, 0.6) is 0 Å². The second-order valence-corrected chi connectivity index (χ2v) is 5.12. The second-order valence-electron chi connectivity index (χ2n) is 4.71. The van der Waals surface area contributed by atoms with Crippen molar-refractivity contribution in [1.82, 2.24) is 15.2 Å². The first kappa shape index (κ1) is 13.5. The topological polar surface area (TPSA) is 140 Å². The van der Waals surface area contributed by atoms with Crippen molar-refractivity contribution in [3.63, 3.8) is 0 Å². The second kappa shape index (κ2) is 4.79. The summed E-state index contributed by atoms with van der Waals surface area (Å²) in [6, 6.07) is 1.62. The summed E-state index contributed by atoms with van der Waals surface area (Å²) >= 11 is 5.12. The number of aliphatic hydroxyl groups excluding tert-OH is 3. The van der Waals surface area contributed by atoms with Gasteiger partial charge in [-0.15, -0.1) is 0 Å². The molecule has 1 saturated heterocycles. The Labute approximate surface area is 118 Å². The molecule has 0 bridgehead atoms. The van der Waals surface area contributed by atoms with E-state index in [4.69, 9.17) is 27.8 Å². The number of hydrogen-bond acceptors (Lipinski definition) is 7. The lowest BCUT2D eigenvalue weighted by atomic mass is 10.0. The minimum atomic E-state index is -1.17. The number of pyridine rings is 1. The molecular formula is C11H14N4O4S. The molecule has 3 rings (SSSR count). The van der Waals surface area contributed by atoms with Crippen LogP contribution < -0.4 is 5.73 Å². The highest BCUT2D eigenvalue weighted by Crippen LogP contribution is 2.36. The van der Waals surface area contributed by atoms with Gasteiger partial charge in [-0.2, -0.15) is 5.10 Å². The molecule has 1 aliphatic heterocycles. The standard InChI is InChI=1S/C11H14N4O4S/c12-5-1-3-6(14-15-7(3)11(20)13-5)10-9(18)8(17)4(2-16)19-10/h1,4,8-10,16-18H,2H2,(H,14,15)(H3,12,13,20). The highest BCUT2D eigenvalue weighted by atomic mass is 32.1. The predicted molar refractivity (Wildman–Crippen MR) is 72.4 cm³/mol. The molecule has 7 N–H and O–H groups in total. The number of ether oxygens (including phenoxy) is 1. The number of fused-ring (bicyclic) bond motifs is 1. The van der Waals surface area contributed by atoms with Crippen molar-refractivity contribution in [2.75, 3.05) is 12.3 Å². The number of hydrogen-bond donors (Lipinski definition) is 6. The lowest BCUT2D eigenvalue weighted by Crippen LogP contribution is -2.32. The average Bonchev–Trinajstić information content (AvgIpc) is 2.93. The third kappa shape index (κ3) is 1.91. The van der Waals surface area contributed by atoms with Gasteiger partial charge in [0.1, 0.15) is 40.4 Å². The zero-order valence-corrected chi connectivity index (χ0v) is 11.1. The van der Waals surface area contributed by atoms with Gasteiger partial charge >= 0.3 is 0 Å². The van der Waals surface area contributed by atoms with Gasteiger partial charge in [0.2, 0.25) is 0 Å². The van der Waals surface area contributed by atoms with Crippen LogP contribution in [-0.4, -0.2) is 55.4 Å². The number of nitrogens with one attached hydrogen (secondary N) is 2. The summed E-state index contributed by atoms with van der Waals surface area (Å²) in [6.07, 6.45) is -4.01. The fourth-order valence-electron chi connectivity index (χ4n) is 2.42. The van der Waals surface area contributed by atoms with Crippen LogP contribution in [0.3, 0.4) is 0 Å². The molecule has 0 aliphatic carbocycles. The Balaban J connectivity index is 2.09. The maximum atomic E-state index is 10.0. The summed E-state index contributed by atoms with van der Waals surface area (Å²) in [6.45, 7) is -0.386. The van der Waals surface area contributed by atoms with Crippen LogP contribution in [0.4, 0.5) is 5.82 Å². The van der Waals surface area contributed by atoms with E-state index in [1.54, 1.807) is 6.07 Å². The number of aromatic amines is 2. The molecule has 0 amide bonds. The van der Waals surface area contributed by atoms with Gasteiger partial charge in [-0.25, -0.2) is 0 Å². The van der Waals surface area contributed by atoms with Crippen molar-refractivity contribution in [3.8, 4) is 0 Å². The number of H-pyrrole nitrogens is 2. The molecule has 2 aromatic heterocycles. The molecule has 4 atom stereocenters. The summed E-state index contributed by atoms with van der Waals surface area (Å²) in [5.74, 6) is 0.358. The van der Waals surface area contributed by atoms with Crippen LogP contribution in [0.15, 0.2) is 6.07 Å². The monoisotopic (exact) mass is 298 g/mol. The van der Waals surface area contributed by atoms with E-state index in [2.05, 4.69) is 15.2 Å². The van der Waals surface area contributed by atoms with Crippen LogP contribution in [0, 0.1) is 4.64 Å². The fraction of sp³-hybridized carbons (Fsp3) is 0.455. The number of nitrogen functional groups attached to an aromatic ring is 1. The van der Waals surface area contributed by atoms with Gasteiger partial charge in [-0.3, -0.25) is 5.10 Å². The van der Waals surface area contributed by atoms with Gasteiger partial charge in [-0.05, 0) is 6.07 Å². The quantitative estimate of drug-likeness (QED) is 0.405. The zero-order chi connectivity index (χ0) is 14.4. The van der Waals surface area contributed by atoms with Gasteiger partial charge in [0.05, 0.1) is 12.3 Å². The number of anilines is 1. The van der Waals surface area contributed by atoms with E-state index >= 15 is 0 Å². The van der Waals surface area contributed by atoms with Crippen molar-refractivity contribution < 1.29 is 20.1 Å². The van der Waals surface area contributed by atoms with E-state index in [0.29, 0.717) is 27.1 Å². The van der Waals surface area contributed by atoms with Crippen molar-refractivity contribution in [2.24, 2.45) is 0 Å². The van der Waals surface area contributed by atoms with Crippen LogP contribution in [0.1, 0.15) is 11.8 Å². The van der Waals surface area contributed by atoms with Gasteiger partial charge < -0.3 is 30.8 Å². The van der Waals surface area contributed by atoms with Crippen LogP contribution in [0.2, 0.25) is 0 Å². The predicted octanol–water partition coefficient (Wildman–Crippen LogP) is -0.643.